The van der Waals surface area contributed by atoms with Gasteiger partial charge in [0.25, 0.3) is 0 Å². The van der Waals surface area contributed by atoms with Crippen LogP contribution in [0.5, 0.6) is 0 Å². The standard InChI is InChI=1S/C16H18F3NO4/c17-16(18,19)14(22)24-15(8-6-12(20)7-9-15)13(21)23-10-11-4-2-1-3-5-11/h1-5,12H,6-10,20H2. The van der Waals surface area contributed by atoms with E-state index in [0.29, 0.717) is 5.56 Å². The average Bonchev–Trinajstić information content (AvgIpc) is 2.55. The van der Waals surface area contributed by atoms with Gasteiger partial charge in [0, 0.05) is 6.04 Å². The van der Waals surface area contributed by atoms with Crippen LogP contribution in [0.4, 0.5) is 13.2 Å². The summed E-state index contributed by atoms with van der Waals surface area (Å²) in [7, 11) is 0. The molecule has 0 radical (unpaired) electrons. The van der Waals surface area contributed by atoms with Gasteiger partial charge in [-0.15, -0.1) is 0 Å². The van der Waals surface area contributed by atoms with Crippen LogP contribution < -0.4 is 5.73 Å². The number of halogens is 3. The van der Waals surface area contributed by atoms with Crippen molar-refractivity contribution < 1.29 is 32.2 Å². The number of carbonyl (C=O) groups is 2. The van der Waals surface area contributed by atoms with Gasteiger partial charge in [0.1, 0.15) is 6.61 Å². The normalized spacial score (nSPS) is 24.2. The number of alkyl halides is 3. The molecule has 0 amide bonds. The van der Waals surface area contributed by atoms with Gasteiger partial charge in [-0.25, -0.2) is 9.59 Å². The zero-order valence-corrected chi connectivity index (χ0v) is 12.8. The molecule has 2 rings (SSSR count). The third kappa shape index (κ3) is 4.47. The molecule has 1 saturated carbocycles. The Morgan fingerprint density at radius 1 is 1.17 bits per heavy atom. The maximum absolute atomic E-state index is 12.5. The smallest absolute Gasteiger partial charge is 0.458 e. The summed E-state index contributed by atoms with van der Waals surface area (Å²) in [6, 6.07) is 8.42. The van der Waals surface area contributed by atoms with Gasteiger partial charge in [-0.3, -0.25) is 0 Å². The van der Waals surface area contributed by atoms with E-state index >= 15 is 0 Å². The first-order chi connectivity index (χ1) is 11.2. The van der Waals surface area contributed by atoms with Gasteiger partial charge in [-0.2, -0.15) is 13.2 Å². The molecule has 132 valence electrons. The van der Waals surface area contributed by atoms with Crippen molar-refractivity contribution >= 4 is 11.9 Å². The molecule has 0 aliphatic heterocycles. The van der Waals surface area contributed by atoms with Crippen molar-refractivity contribution in [1.29, 1.82) is 0 Å². The lowest BCUT2D eigenvalue weighted by molar-refractivity contribution is -0.222. The van der Waals surface area contributed by atoms with E-state index in [1.165, 1.54) is 0 Å². The van der Waals surface area contributed by atoms with Crippen LogP contribution in [-0.4, -0.2) is 29.8 Å². The Kier molecular flexibility index (Phi) is 5.48. The summed E-state index contributed by atoms with van der Waals surface area (Å²) in [5.41, 5.74) is 4.47. The molecule has 0 unspecified atom stereocenters. The first-order valence-corrected chi connectivity index (χ1v) is 7.50. The van der Waals surface area contributed by atoms with Gasteiger partial charge in [-0.1, -0.05) is 30.3 Å². The molecule has 1 aromatic carbocycles. The quantitative estimate of drug-likeness (QED) is 0.848. The summed E-state index contributed by atoms with van der Waals surface area (Å²) < 4.78 is 47.2. The van der Waals surface area contributed by atoms with Crippen LogP contribution in [0.3, 0.4) is 0 Å². The van der Waals surface area contributed by atoms with Crippen LogP contribution in [0.15, 0.2) is 30.3 Å². The molecule has 24 heavy (non-hydrogen) atoms. The summed E-state index contributed by atoms with van der Waals surface area (Å²) in [4.78, 5) is 23.6. The molecule has 0 bridgehead atoms. The molecular formula is C16H18F3NO4. The first-order valence-electron chi connectivity index (χ1n) is 7.50. The highest BCUT2D eigenvalue weighted by molar-refractivity contribution is 5.85. The Morgan fingerprint density at radius 2 is 1.75 bits per heavy atom. The fourth-order valence-electron chi connectivity index (χ4n) is 2.54. The Labute approximate surface area is 136 Å². The van der Waals surface area contributed by atoms with Crippen molar-refractivity contribution in [2.45, 2.75) is 50.1 Å². The summed E-state index contributed by atoms with van der Waals surface area (Å²) in [5, 5.41) is 0. The molecule has 0 saturated heterocycles. The largest absolute Gasteiger partial charge is 0.490 e. The fraction of sp³-hybridized carbons (Fsp3) is 0.500. The van der Waals surface area contributed by atoms with Gasteiger partial charge >= 0.3 is 18.1 Å². The molecule has 8 heteroatoms. The van der Waals surface area contributed by atoms with E-state index in [-0.39, 0.29) is 38.3 Å². The summed E-state index contributed by atoms with van der Waals surface area (Å²) in [6.45, 7) is -0.114. The van der Waals surface area contributed by atoms with E-state index in [4.69, 9.17) is 10.5 Å². The van der Waals surface area contributed by atoms with Crippen LogP contribution in [0.25, 0.3) is 0 Å². The van der Waals surface area contributed by atoms with E-state index < -0.39 is 23.7 Å². The lowest BCUT2D eigenvalue weighted by atomic mass is 9.82. The second kappa shape index (κ2) is 7.21. The van der Waals surface area contributed by atoms with Crippen molar-refractivity contribution in [1.82, 2.24) is 0 Å². The highest BCUT2D eigenvalue weighted by Crippen LogP contribution is 2.35. The number of ether oxygens (including phenoxy) is 2. The van der Waals surface area contributed by atoms with Gasteiger partial charge < -0.3 is 15.2 Å². The molecule has 5 nitrogen and oxygen atoms in total. The summed E-state index contributed by atoms with van der Waals surface area (Å²) in [5.74, 6) is -3.37. The molecule has 1 fully saturated rings. The number of carbonyl (C=O) groups excluding carboxylic acids is 2. The van der Waals surface area contributed by atoms with Gasteiger partial charge in [0.05, 0.1) is 0 Å². The number of rotatable bonds is 4. The Hall–Kier alpha value is -2.09. The number of esters is 2. The predicted octanol–water partition coefficient (Wildman–Crippen LogP) is 2.48. The van der Waals surface area contributed by atoms with Crippen LogP contribution in [0.2, 0.25) is 0 Å². The molecule has 2 N–H and O–H groups in total. The first kappa shape index (κ1) is 18.3. The van der Waals surface area contributed by atoms with Crippen LogP contribution in [0, 0.1) is 0 Å². The Bertz CT molecular complexity index is 581. The van der Waals surface area contributed by atoms with Crippen LogP contribution >= 0.6 is 0 Å². The fourth-order valence-corrected chi connectivity index (χ4v) is 2.54. The third-order valence-corrected chi connectivity index (χ3v) is 3.94. The van der Waals surface area contributed by atoms with E-state index in [2.05, 4.69) is 4.74 Å². The predicted molar refractivity (Wildman–Crippen MR) is 77.6 cm³/mol. The monoisotopic (exact) mass is 345 g/mol. The maximum atomic E-state index is 12.5. The Balaban J connectivity index is 2.10. The average molecular weight is 345 g/mol. The van der Waals surface area contributed by atoms with E-state index in [9.17, 15) is 22.8 Å². The maximum Gasteiger partial charge on any atom is 0.490 e. The molecule has 1 aliphatic rings. The van der Waals surface area contributed by atoms with Crippen molar-refractivity contribution in [2.75, 3.05) is 0 Å². The van der Waals surface area contributed by atoms with Crippen LogP contribution in [0.1, 0.15) is 31.2 Å². The number of hydrogen-bond donors (Lipinski definition) is 1. The zero-order valence-electron chi connectivity index (χ0n) is 12.8. The molecule has 0 heterocycles. The van der Waals surface area contributed by atoms with Crippen molar-refractivity contribution in [3.8, 4) is 0 Å². The molecule has 0 atom stereocenters. The molecular weight excluding hydrogens is 327 g/mol. The molecule has 0 spiro atoms. The zero-order chi connectivity index (χ0) is 17.8. The second-order valence-electron chi connectivity index (χ2n) is 5.78. The van der Waals surface area contributed by atoms with Crippen molar-refractivity contribution in [3.05, 3.63) is 35.9 Å². The second-order valence-corrected chi connectivity index (χ2v) is 5.78. The highest BCUT2D eigenvalue weighted by Gasteiger charge is 2.52. The lowest BCUT2D eigenvalue weighted by Gasteiger charge is -2.36. The number of nitrogens with two attached hydrogens (primary N) is 1. The van der Waals surface area contributed by atoms with E-state index in [1.807, 2.05) is 0 Å². The molecule has 1 aromatic rings. The van der Waals surface area contributed by atoms with Crippen molar-refractivity contribution in [3.63, 3.8) is 0 Å². The molecule has 0 aromatic heterocycles. The SMILES string of the molecule is NC1CCC(OC(=O)C(F)(F)F)(C(=O)OCc2ccccc2)CC1. The molecule has 1 aliphatic carbocycles. The van der Waals surface area contributed by atoms with Gasteiger partial charge in [0.15, 0.2) is 0 Å². The van der Waals surface area contributed by atoms with E-state index in [0.717, 1.165) is 0 Å². The minimum atomic E-state index is -5.17. The Morgan fingerprint density at radius 3 is 2.29 bits per heavy atom. The van der Waals surface area contributed by atoms with Crippen molar-refractivity contribution in [2.24, 2.45) is 5.73 Å². The van der Waals surface area contributed by atoms with Gasteiger partial charge in [-0.05, 0) is 31.2 Å². The summed E-state index contributed by atoms with van der Waals surface area (Å²) in [6.07, 6.45) is -4.82. The number of benzene rings is 1. The third-order valence-electron chi connectivity index (χ3n) is 3.94. The highest BCUT2D eigenvalue weighted by atomic mass is 19.4. The summed E-state index contributed by atoms with van der Waals surface area (Å²) >= 11 is 0. The lowest BCUT2D eigenvalue weighted by Crippen LogP contribution is -2.51. The topological polar surface area (TPSA) is 78.6 Å². The van der Waals surface area contributed by atoms with E-state index in [1.54, 1.807) is 30.3 Å². The number of hydrogen-bond acceptors (Lipinski definition) is 5. The van der Waals surface area contributed by atoms with Crippen LogP contribution in [-0.2, 0) is 25.7 Å². The van der Waals surface area contributed by atoms with Gasteiger partial charge in [0.2, 0.25) is 5.60 Å². The minimum absolute atomic E-state index is 0.0936. The minimum Gasteiger partial charge on any atom is -0.458 e.